The van der Waals surface area contributed by atoms with Crippen molar-refractivity contribution in [3.05, 3.63) is 96.5 Å². The molecule has 0 unspecified atom stereocenters. The summed E-state index contributed by atoms with van der Waals surface area (Å²) < 4.78 is 12.7. The van der Waals surface area contributed by atoms with Crippen LogP contribution in [0.25, 0.3) is 22.3 Å². The van der Waals surface area contributed by atoms with E-state index >= 15 is 0 Å². The number of terminal acetylenes is 1. The van der Waals surface area contributed by atoms with Gasteiger partial charge in [0.1, 0.15) is 18.1 Å². The summed E-state index contributed by atoms with van der Waals surface area (Å²) in [4.78, 5) is 20.1. The predicted molar refractivity (Wildman–Crippen MR) is 123 cm³/mol. The molecule has 0 saturated carbocycles. The first kappa shape index (κ1) is 20.3. The highest BCUT2D eigenvalue weighted by Gasteiger charge is 2.23. The first-order valence-electron chi connectivity index (χ1n) is 10.4. The van der Waals surface area contributed by atoms with Crippen molar-refractivity contribution in [1.82, 2.24) is 19.7 Å². The van der Waals surface area contributed by atoms with E-state index < -0.39 is 0 Å². The third kappa shape index (κ3) is 4.14. The molecule has 7 heteroatoms. The second-order valence-corrected chi connectivity index (χ2v) is 7.48. The van der Waals surface area contributed by atoms with E-state index in [1.807, 2.05) is 48.5 Å². The highest BCUT2D eigenvalue weighted by atomic mass is 16.3. The highest BCUT2D eigenvalue weighted by Crippen LogP contribution is 2.27. The molecule has 0 aliphatic carbocycles. The molecule has 0 bridgehead atoms. The quantitative estimate of drug-likeness (QED) is 0.348. The number of furan rings is 2. The van der Waals surface area contributed by atoms with E-state index in [0.717, 1.165) is 11.3 Å². The van der Waals surface area contributed by atoms with Gasteiger partial charge in [-0.15, -0.1) is 6.42 Å². The third-order valence-corrected chi connectivity index (χ3v) is 5.29. The van der Waals surface area contributed by atoms with Crippen LogP contribution in [0.5, 0.6) is 0 Å². The summed E-state index contributed by atoms with van der Waals surface area (Å²) in [6, 6.07) is 18.8. The average Bonchev–Trinajstić information content (AvgIpc) is 3.62. The number of amides is 1. The normalized spacial score (nSPS) is 10.9. The van der Waals surface area contributed by atoms with E-state index in [1.165, 1.54) is 0 Å². The lowest BCUT2D eigenvalue weighted by Crippen LogP contribution is -2.31. The molecule has 4 aromatic heterocycles. The molecule has 0 radical (unpaired) electrons. The van der Waals surface area contributed by atoms with E-state index in [-0.39, 0.29) is 19.0 Å². The number of hydrogen-bond donors (Lipinski definition) is 0. The van der Waals surface area contributed by atoms with Gasteiger partial charge in [-0.05, 0) is 30.3 Å². The van der Waals surface area contributed by atoms with Gasteiger partial charge in [0.2, 0.25) is 0 Å². The SMILES string of the molecule is C#CCN(Cc1ccco1)C(=O)c1cc(-c2ccccc2)nc2c1cnn2Cc1ccco1. The lowest BCUT2D eigenvalue weighted by Gasteiger charge is -2.20. The van der Waals surface area contributed by atoms with Crippen LogP contribution in [-0.4, -0.2) is 32.1 Å². The molecule has 0 fully saturated rings. The zero-order chi connectivity index (χ0) is 22.6. The van der Waals surface area contributed by atoms with Gasteiger partial charge in [0.15, 0.2) is 5.65 Å². The van der Waals surface area contributed by atoms with E-state index in [2.05, 4.69) is 11.0 Å². The average molecular weight is 436 g/mol. The van der Waals surface area contributed by atoms with Crippen LogP contribution in [0.1, 0.15) is 21.9 Å². The lowest BCUT2D eigenvalue weighted by molar-refractivity contribution is 0.0757. The van der Waals surface area contributed by atoms with Gasteiger partial charge in [0, 0.05) is 5.56 Å². The standard InChI is InChI=1S/C26H20N4O3/c1-2-12-29(17-20-10-6-13-32-20)26(31)22-15-24(19-8-4-3-5-9-19)28-25-23(22)16-27-30(25)18-21-11-7-14-33-21/h1,3-11,13-16H,12,17-18H2. The number of rotatable bonds is 7. The molecule has 0 saturated heterocycles. The molecule has 1 aromatic carbocycles. The van der Waals surface area contributed by atoms with Crippen molar-refractivity contribution in [2.75, 3.05) is 6.54 Å². The van der Waals surface area contributed by atoms with E-state index in [1.54, 1.807) is 40.4 Å². The van der Waals surface area contributed by atoms with E-state index in [0.29, 0.717) is 34.6 Å². The molecule has 0 aliphatic rings. The fourth-order valence-corrected chi connectivity index (χ4v) is 3.72. The smallest absolute Gasteiger partial charge is 0.255 e. The Morgan fingerprint density at radius 2 is 1.79 bits per heavy atom. The summed E-state index contributed by atoms with van der Waals surface area (Å²) in [5.41, 5.74) is 2.64. The lowest BCUT2D eigenvalue weighted by atomic mass is 10.1. The molecule has 0 aliphatic heterocycles. The Bertz CT molecular complexity index is 1410. The summed E-state index contributed by atoms with van der Waals surface area (Å²) in [6.07, 6.45) is 10.4. The van der Waals surface area contributed by atoms with Gasteiger partial charge in [-0.2, -0.15) is 5.10 Å². The Balaban J connectivity index is 1.62. The Kier molecular flexibility index (Phi) is 5.48. The minimum absolute atomic E-state index is 0.143. The van der Waals surface area contributed by atoms with Gasteiger partial charge in [-0.3, -0.25) is 4.79 Å². The molecule has 0 spiro atoms. The molecule has 7 nitrogen and oxygen atoms in total. The van der Waals surface area contributed by atoms with Crippen molar-refractivity contribution in [3.63, 3.8) is 0 Å². The third-order valence-electron chi connectivity index (χ3n) is 5.29. The molecule has 0 atom stereocenters. The van der Waals surface area contributed by atoms with Crippen LogP contribution in [0.3, 0.4) is 0 Å². The maximum Gasteiger partial charge on any atom is 0.255 e. The summed E-state index contributed by atoms with van der Waals surface area (Å²) in [5, 5.41) is 5.14. The Morgan fingerprint density at radius 1 is 1.03 bits per heavy atom. The fourth-order valence-electron chi connectivity index (χ4n) is 3.72. The zero-order valence-corrected chi connectivity index (χ0v) is 17.7. The van der Waals surface area contributed by atoms with Crippen LogP contribution in [-0.2, 0) is 13.1 Å². The van der Waals surface area contributed by atoms with Crippen molar-refractivity contribution < 1.29 is 13.6 Å². The van der Waals surface area contributed by atoms with Gasteiger partial charge in [-0.1, -0.05) is 36.3 Å². The number of carbonyl (C=O) groups excluding carboxylic acids is 1. The summed E-state index contributed by atoms with van der Waals surface area (Å²) in [6.45, 7) is 0.807. The zero-order valence-electron chi connectivity index (χ0n) is 17.7. The second kappa shape index (κ2) is 8.89. The monoisotopic (exact) mass is 436 g/mol. The van der Waals surface area contributed by atoms with Crippen LogP contribution in [0.2, 0.25) is 0 Å². The molecule has 33 heavy (non-hydrogen) atoms. The largest absolute Gasteiger partial charge is 0.467 e. The number of fused-ring (bicyclic) bond motifs is 1. The van der Waals surface area contributed by atoms with Crippen molar-refractivity contribution in [1.29, 1.82) is 0 Å². The topological polar surface area (TPSA) is 77.3 Å². The molecular weight excluding hydrogens is 416 g/mol. The van der Waals surface area contributed by atoms with Crippen LogP contribution in [0, 0.1) is 12.3 Å². The van der Waals surface area contributed by atoms with Crippen molar-refractivity contribution in [2.24, 2.45) is 0 Å². The van der Waals surface area contributed by atoms with Crippen molar-refractivity contribution in [2.45, 2.75) is 13.1 Å². The Labute approximate surface area is 190 Å². The first-order chi connectivity index (χ1) is 16.2. The predicted octanol–water partition coefficient (Wildman–Crippen LogP) is 4.61. The van der Waals surface area contributed by atoms with Crippen LogP contribution in [0.15, 0.2) is 88.2 Å². The Morgan fingerprint density at radius 3 is 2.48 bits per heavy atom. The molecule has 4 heterocycles. The number of nitrogens with zero attached hydrogens (tertiary/aromatic N) is 4. The summed E-state index contributed by atoms with van der Waals surface area (Å²) >= 11 is 0. The molecule has 162 valence electrons. The van der Waals surface area contributed by atoms with E-state index in [9.17, 15) is 4.79 Å². The Hall–Kier alpha value is -4.57. The van der Waals surface area contributed by atoms with Crippen molar-refractivity contribution >= 4 is 16.9 Å². The van der Waals surface area contributed by atoms with E-state index in [4.69, 9.17) is 20.2 Å². The highest BCUT2D eigenvalue weighted by molar-refractivity contribution is 6.06. The molecule has 5 aromatic rings. The number of hydrogen-bond acceptors (Lipinski definition) is 5. The van der Waals surface area contributed by atoms with Crippen molar-refractivity contribution in [3.8, 4) is 23.6 Å². The fraction of sp³-hybridized carbons (Fsp3) is 0.115. The van der Waals surface area contributed by atoms with Gasteiger partial charge in [0.25, 0.3) is 5.91 Å². The van der Waals surface area contributed by atoms with Crippen LogP contribution < -0.4 is 0 Å². The van der Waals surface area contributed by atoms with Gasteiger partial charge in [0.05, 0.1) is 48.5 Å². The molecular formula is C26H20N4O3. The van der Waals surface area contributed by atoms with Crippen LogP contribution in [0.4, 0.5) is 0 Å². The minimum Gasteiger partial charge on any atom is -0.467 e. The second-order valence-electron chi connectivity index (χ2n) is 7.48. The van der Waals surface area contributed by atoms with Crippen LogP contribution >= 0.6 is 0 Å². The number of pyridine rings is 1. The first-order valence-corrected chi connectivity index (χ1v) is 10.4. The minimum atomic E-state index is -0.216. The molecule has 1 amide bonds. The molecule has 5 rings (SSSR count). The summed E-state index contributed by atoms with van der Waals surface area (Å²) in [7, 11) is 0. The number of carbonyl (C=O) groups is 1. The van der Waals surface area contributed by atoms with Gasteiger partial charge in [-0.25, -0.2) is 9.67 Å². The van der Waals surface area contributed by atoms with Gasteiger partial charge < -0.3 is 13.7 Å². The summed E-state index contributed by atoms with van der Waals surface area (Å²) in [5.74, 6) is 3.75. The van der Waals surface area contributed by atoms with Gasteiger partial charge >= 0.3 is 0 Å². The number of aromatic nitrogens is 3. The maximum absolute atomic E-state index is 13.7. The maximum atomic E-state index is 13.7. The number of benzene rings is 1. The molecule has 0 N–H and O–H groups in total.